The smallest absolute Gasteiger partial charge is 0.368 e. The summed E-state index contributed by atoms with van der Waals surface area (Å²) < 4.78 is 37.8. The highest BCUT2D eigenvalue weighted by Gasteiger charge is 2.35. The Morgan fingerprint density at radius 1 is 1.41 bits per heavy atom. The Labute approximate surface area is 96.8 Å². The molecule has 1 rings (SSSR count). The molecule has 0 atom stereocenters. The van der Waals surface area contributed by atoms with E-state index in [0.29, 0.717) is 19.3 Å². The van der Waals surface area contributed by atoms with Gasteiger partial charge in [0.25, 0.3) is 0 Å². The molecule has 0 aromatic carbocycles. The average molecular weight is 249 g/mol. The molecular weight excluding hydrogens is 235 g/mol. The molecule has 8 heteroatoms. The van der Waals surface area contributed by atoms with Gasteiger partial charge in [0.15, 0.2) is 0 Å². The van der Waals surface area contributed by atoms with Crippen molar-refractivity contribution < 1.29 is 13.2 Å². The van der Waals surface area contributed by atoms with Crippen LogP contribution in [0, 0.1) is 0 Å². The molecule has 0 fully saturated rings. The minimum Gasteiger partial charge on any atom is -0.368 e. The molecule has 5 nitrogen and oxygen atoms in total. The van der Waals surface area contributed by atoms with Crippen molar-refractivity contribution in [1.29, 1.82) is 0 Å². The number of hydrogen-bond acceptors (Lipinski definition) is 5. The molecule has 0 saturated carbocycles. The zero-order chi connectivity index (χ0) is 13.1. The maximum Gasteiger partial charge on any atom is 0.421 e. The molecule has 0 amide bonds. The van der Waals surface area contributed by atoms with E-state index in [9.17, 15) is 13.2 Å². The van der Waals surface area contributed by atoms with Crippen LogP contribution in [0.5, 0.6) is 0 Å². The predicted molar refractivity (Wildman–Crippen MR) is 58.5 cm³/mol. The summed E-state index contributed by atoms with van der Waals surface area (Å²) in [6, 6.07) is 0. The number of alkyl halides is 3. The van der Waals surface area contributed by atoms with Gasteiger partial charge < -0.3 is 16.0 Å². The normalized spacial score (nSPS) is 11.9. The molecular formula is C9H14F3N5. The number of likely N-dealkylation sites (N-methyl/N-ethyl adjacent to an activating group) is 1. The molecule has 0 aliphatic rings. The first-order valence-electron chi connectivity index (χ1n) is 4.89. The summed E-state index contributed by atoms with van der Waals surface area (Å²) in [5.41, 5.74) is 4.35. The second-order valence-corrected chi connectivity index (χ2v) is 3.72. The fraction of sp³-hybridized carbons (Fsp3) is 0.556. The monoisotopic (exact) mass is 249 g/mol. The zero-order valence-electron chi connectivity index (χ0n) is 9.54. The van der Waals surface area contributed by atoms with E-state index in [0.717, 1.165) is 0 Å². The average Bonchev–Trinajstić information content (AvgIpc) is 2.15. The molecule has 0 spiro atoms. The van der Waals surface area contributed by atoms with E-state index in [4.69, 9.17) is 5.73 Å². The van der Waals surface area contributed by atoms with Crippen LogP contribution < -0.4 is 11.1 Å². The van der Waals surface area contributed by atoms with Gasteiger partial charge in [-0.3, -0.25) is 0 Å². The van der Waals surface area contributed by atoms with Crippen LogP contribution in [0.2, 0.25) is 0 Å². The van der Waals surface area contributed by atoms with Gasteiger partial charge in [0.1, 0.15) is 11.4 Å². The van der Waals surface area contributed by atoms with Gasteiger partial charge >= 0.3 is 6.18 Å². The summed E-state index contributed by atoms with van der Waals surface area (Å²) in [6.07, 6.45) is -3.81. The van der Waals surface area contributed by atoms with E-state index in [1.807, 2.05) is 19.0 Å². The quantitative estimate of drug-likeness (QED) is 0.835. The van der Waals surface area contributed by atoms with Crippen LogP contribution in [0.15, 0.2) is 6.20 Å². The van der Waals surface area contributed by atoms with Crippen molar-refractivity contribution in [3.8, 4) is 0 Å². The van der Waals surface area contributed by atoms with Gasteiger partial charge in [0.2, 0.25) is 5.95 Å². The molecule has 0 bridgehead atoms. The van der Waals surface area contributed by atoms with Gasteiger partial charge in [-0.25, -0.2) is 4.98 Å². The number of nitrogen functional groups attached to an aromatic ring is 1. The van der Waals surface area contributed by atoms with Crippen LogP contribution in [-0.2, 0) is 6.18 Å². The third kappa shape index (κ3) is 4.06. The summed E-state index contributed by atoms with van der Waals surface area (Å²) in [6.45, 7) is 0.924. The highest BCUT2D eigenvalue weighted by Crippen LogP contribution is 2.33. The molecule has 17 heavy (non-hydrogen) atoms. The number of nitrogens with one attached hydrogen (secondary N) is 1. The number of halogens is 3. The molecule has 1 aromatic heterocycles. The summed E-state index contributed by atoms with van der Waals surface area (Å²) in [5, 5.41) is 2.60. The van der Waals surface area contributed by atoms with Crippen molar-refractivity contribution in [2.45, 2.75) is 6.18 Å². The summed E-state index contributed by atoms with van der Waals surface area (Å²) in [5.74, 6) is -0.475. The van der Waals surface area contributed by atoms with Crippen molar-refractivity contribution in [2.75, 3.05) is 38.2 Å². The number of anilines is 2. The van der Waals surface area contributed by atoms with Crippen LogP contribution in [-0.4, -0.2) is 42.1 Å². The summed E-state index contributed by atoms with van der Waals surface area (Å²) in [4.78, 5) is 8.74. The topological polar surface area (TPSA) is 67.1 Å². The summed E-state index contributed by atoms with van der Waals surface area (Å²) in [7, 11) is 3.64. The lowest BCUT2D eigenvalue weighted by Gasteiger charge is -2.15. The van der Waals surface area contributed by atoms with Gasteiger partial charge in [-0.05, 0) is 14.1 Å². The maximum absolute atomic E-state index is 12.6. The van der Waals surface area contributed by atoms with E-state index in [-0.39, 0.29) is 11.8 Å². The van der Waals surface area contributed by atoms with Gasteiger partial charge in [-0.2, -0.15) is 18.2 Å². The van der Waals surface area contributed by atoms with Crippen LogP contribution in [0.4, 0.5) is 24.9 Å². The Morgan fingerprint density at radius 2 is 2.06 bits per heavy atom. The highest BCUT2D eigenvalue weighted by molar-refractivity contribution is 5.47. The first-order chi connectivity index (χ1) is 7.80. The predicted octanol–water partition coefficient (Wildman–Crippen LogP) is 1.05. The molecule has 0 aliphatic heterocycles. The lowest BCUT2D eigenvalue weighted by Crippen LogP contribution is -2.23. The Bertz CT molecular complexity index is 377. The maximum atomic E-state index is 12.6. The Morgan fingerprint density at radius 3 is 2.59 bits per heavy atom. The van der Waals surface area contributed by atoms with E-state index in [2.05, 4.69) is 15.3 Å². The van der Waals surface area contributed by atoms with Gasteiger partial charge in [-0.15, -0.1) is 0 Å². The van der Waals surface area contributed by atoms with Crippen molar-refractivity contribution >= 4 is 11.8 Å². The van der Waals surface area contributed by atoms with E-state index >= 15 is 0 Å². The second-order valence-electron chi connectivity index (χ2n) is 3.72. The molecule has 0 aliphatic carbocycles. The van der Waals surface area contributed by atoms with E-state index < -0.39 is 11.7 Å². The lowest BCUT2D eigenvalue weighted by molar-refractivity contribution is -0.137. The first-order valence-corrected chi connectivity index (χ1v) is 4.89. The van der Waals surface area contributed by atoms with Gasteiger partial charge in [-0.1, -0.05) is 0 Å². The largest absolute Gasteiger partial charge is 0.421 e. The zero-order valence-corrected chi connectivity index (χ0v) is 9.54. The van der Waals surface area contributed by atoms with Crippen LogP contribution >= 0.6 is 0 Å². The van der Waals surface area contributed by atoms with Gasteiger partial charge in [0.05, 0.1) is 0 Å². The fourth-order valence-corrected chi connectivity index (χ4v) is 1.14. The number of nitrogens with zero attached hydrogens (tertiary/aromatic N) is 3. The van der Waals surface area contributed by atoms with Crippen molar-refractivity contribution in [3.05, 3.63) is 11.8 Å². The molecule has 0 saturated heterocycles. The first kappa shape index (κ1) is 13.5. The Hall–Kier alpha value is -1.57. The molecule has 1 aromatic rings. The summed E-state index contributed by atoms with van der Waals surface area (Å²) >= 11 is 0. The number of hydrogen-bond donors (Lipinski definition) is 2. The fourth-order valence-electron chi connectivity index (χ4n) is 1.14. The second kappa shape index (κ2) is 5.17. The number of rotatable bonds is 4. The van der Waals surface area contributed by atoms with E-state index in [1.165, 1.54) is 0 Å². The van der Waals surface area contributed by atoms with Crippen LogP contribution in [0.3, 0.4) is 0 Å². The molecule has 0 radical (unpaired) electrons. The van der Waals surface area contributed by atoms with Gasteiger partial charge in [0, 0.05) is 19.3 Å². The molecule has 1 heterocycles. The van der Waals surface area contributed by atoms with Crippen molar-refractivity contribution in [1.82, 2.24) is 14.9 Å². The third-order valence-corrected chi connectivity index (χ3v) is 1.96. The SMILES string of the molecule is CN(C)CCNc1nc(N)ncc1C(F)(F)F. The molecule has 3 N–H and O–H groups in total. The van der Waals surface area contributed by atoms with E-state index in [1.54, 1.807) is 0 Å². The van der Waals surface area contributed by atoms with Crippen LogP contribution in [0.1, 0.15) is 5.56 Å². The van der Waals surface area contributed by atoms with Crippen LogP contribution in [0.25, 0.3) is 0 Å². The molecule has 0 unspecified atom stereocenters. The molecule has 96 valence electrons. The minimum absolute atomic E-state index is 0.189. The van der Waals surface area contributed by atoms with Crippen molar-refractivity contribution in [2.24, 2.45) is 0 Å². The minimum atomic E-state index is -4.49. The number of aromatic nitrogens is 2. The Kier molecular flexibility index (Phi) is 4.11. The third-order valence-electron chi connectivity index (χ3n) is 1.96. The Balaban J connectivity index is 2.84. The highest BCUT2D eigenvalue weighted by atomic mass is 19.4. The van der Waals surface area contributed by atoms with Crippen molar-refractivity contribution in [3.63, 3.8) is 0 Å². The standard InChI is InChI=1S/C9H14F3N5/c1-17(2)4-3-14-7-6(9(10,11)12)5-15-8(13)16-7/h5H,3-4H2,1-2H3,(H3,13,14,15,16). The number of nitrogens with two attached hydrogens (primary N) is 1. The lowest BCUT2D eigenvalue weighted by atomic mass is 10.3.